The molecule has 0 saturated heterocycles. The van der Waals surface area contributed by atoms with Gasteiger partial charge >= 0.3 is 5.97 Å². The van der Waals surface area contributed by atoms with Gasteiger partial charge in [-0.05, 0) is 43.8 Å². The van der Waals surface area contributed by atoms with Crippen LogP contribution in [0.2, 0.25) is 19.6 Å². The quantitative estimate of drug-likeness (QED) is 0.784. The average Bonchev–Trinajstić information content (AvgIpc) is 2.35. The van der Waals surface area contributed by atoms with Crippen LogP contribution in [0.1, 0.15) is 12.0 Å². The fourth-order valence-corrected chi connectivity index (χ4v) is 2.55. The smallest absolute Gasteiger partial charge is 0.303 e. The molecular weight excluding hydrogens is 276 g/mol. The lowest BCUT2D eigenvalue weighted by molar-refractivity contribution is -0.136. The van der Waals surface area contributed by atoms with Crippen molar-refractivity contribution in [3.8, 4) is 17.2 Å². The fourth-order valence-electron chi connectivity index (χ4n) is 1.74. The minimum atomic E-state index is -1.80. The molecule has 0 saturated carbocycles. The van der Waals surface area contributed by atoms with E-state index in [1.165, 1.54) is 0 Å². The number of carboxylic acids is 1. The molecule has 1 N–H and O–H groups in total. The zero-order valence-electron chi connectivity index (χ0n) is 12.6. The van der Waals surface area contributed by atoms with Crippen molar-refractivity contribution in [1.82, 2.24) is 0 Å². The molecule has 1 aromatic rings. The van der Waals surface area contributed by atoms with E-state index in [0.29, 0.717) is 23.7 Å². The van der Waals surface area contributed by atoms with Crippen LogP contribution in [0.5, 0.6) is 17.2 Å². The number of aryl methyl sites for hydroxylation is 1. The summed E-state index contributed by atoms with van der Waals surface area (Å²) in [4.78, 5) is 10.7. The highest BCUT2D eigenvalue weighted by atomic mass is 28.4. The molecule has 0 aliphatic heterocycles. The molecule has 0 unspecified atom stereocenters. The second-order valence-electron chi connectivity index (χ2n) is 5.44. The Morgan fingerprint density at radius 1 is 1.15 bits per heavy atom. The van der Waals surface area contributed by atoms with E-state index >= 15 is 0 Å². The van der Waals surface area contributed by atoms with E-state index in [2.05, 4.69) is 19.6 Å². The molecule has 112 valence electrons. The lowest BCUT2D eigenvalue weighted by Gasteiger charge is -2.23. The third kappa shape index (κ3) is 4.77. The molecule has 20 heavy (non-hydrogen) atoms. The van der Waals surface area contributed by atoms with E-state index in [9.17, 15) is 4.79 Å². The Morgan fingerprint density at radius 3 is 2.00 bits per heavy atom. The molecule has 0 amide bonds. The largest absolute Gasteiger partial charge is 0.539 e. The van der Waals surface area contributed by atoms with Crippen molar-refractivity contribution in [1.29, 1.82) is 0 Å². The van der Waals surface area contributed by atoms with Gasteiger partial charge in [-0.15, -0.1) is 0 Å². The first-order chi connectivity index (χ1) is 9.26. The van der Waals surface area contributed by atoms with E-state index in [4.69, 9.17) is 19.0 Å². The summed E-state index contributed by atoms with van der Waals surface area (Å²) in [5.74, 6) is 0.915. The number of hydrogen-bond donors (Lipinski definition) is 1. The van der Waals surface area contributed by atoms with Gasteiger partial charge in [-0.3, -0.25) is 4.79 Å². The van der Waals surface area contributed by atoms with E-state index in [-0.39, 0.29) is 6.42 Å². The minimum Gasteiger partial charge on any atom is -0.539 e. The summed E-state index contributed by atoms with van der Waals surface area (Å²) in [5.41, 5.74) is 0.851. The van der Waals surface area contributed by atoms with Crippen LogP contribution in [-0.2, 0) is 11.2 Å². The van der Waals surface area contributed by atoms with Crippen LogP contribution in [0.3, 0.4) is 0 Å². The molecule has 1 aromatic carbocycles. The summed E-state index contributed by atoms with van der Waals surface area (Å²) < 4.78 is 16.7. The maximum atomic E-state index is 10.7. The van der Waals surface area contributed by atoms with Crippen molar-refractivity contribution < 1.29 is 23.8 Å². The van der Waals surface area contributed by atoms with Gasteiger partial charge in [0.2, 0.25) is 8.32 Å². The van der Waals surface area contributed by atoms with E-state index < -0.39 is 14.3 Å². The van der Waals surface area contributed by atoms with Crippen LogP contribution in [-0.4, -0.2) is 33.6 Å². The molecule has 0 aliphatic carbocycles. The normalized spacial score (nSPS) is 11.1. The number of aliphatic carboxylic acids is 1. The van der Waals surface area contributed by atoms with Crippen LogP contribution in [0.15, 0.2) is 12.1 Å². The number of benzene rings is 1. The van der Waals surface area contributed by atoms with Crippen LogP contribution in [0, 0.1) is 0 Å². The van der Waals surface area contributed by atoms with Gasteiger partial charge in [0.1, 0.15) is 0 Å². The molecule has 0 bridgehead atoms. The molecule has 6 heteroatoms. The Morgan fingerprint density at radius 2 is 1.65 bits per heavy atom. The number of ether oxygens (including phenoxy) is 2. The fraction of sp³-hybridized carbons (Fsp3) is 0.500. The van der Waals surface area contributed by atoms with E-state index in [1.54, 1.807) is 26.4 Å². The third-order valence-electron chi connectivity index (χ3n) is 2.56. The van der Waals surface area contributed by atoms with Crippen molar-refractivity contribution in [3.63, 3.8) is 0 Å². The molecule has 0 heterocycles. The molecule has 0 radical (unpaired) electrons. The van der Waals surface area contributed by atoms with E-state index in [0.717, 1.165) is 5.56 Å². The summed E-state index contributed by atoms with van der Waals surface area (Å²) in [6.45, 7) is 6.22. The summed E-state index contributed by atoms with van der Waals surface area (Å²) in [6, 6.07) is 3.61. The molecule has 0 atom stereocenters. The maximum absolute atomic E-state index is 10.7. The Bertz CT molecular complexity index is 454. The van der Waals surface area contributed by atoms with E-state index in [1.807, 2.05) is 0 Å². The molecule has 5 nitrogen and oxygen atoms in total. The highest BCUT2D eigenvalue weighted by Gasteiger charge is 2.22. The first-order valence-corrected chi connectivity index (χ1v) is 9.83. The topological polar surface area (TPSA) is 65.0 Å². The first kappa shape index (κ1) is 16.4. The Balaban J connectivity index is 3.14. The maximum Gasteiger partial charge on any atom is 0.303 e. The number of carbonyl (C=O) groups is 1. The van der Waals surface area contributed by atoms with Crippen molar-refractivity contribution in [2.45, 2.75) is 32.5 Å². The van der Waals surface area contributed by atoms with Gasteiger partial charge in [-0.2, -0.15) is 0 Å². The number of carboxylic acid groups (broad SMARTS) is 1. The molecular formula is C14H22O5Si. The zero-order chi connectivity index (χ0) is 15.3. The van der Waals surface area contributed by atoms with Crippen LogP contribution in [0.4, 0.5) is 0 Å². The Kier molecular flexibility index (Phi) is 5.44. The average molecular weight is 298 g/mol. The highest BCUT2D eigenvalue weighted by Crippen LogP contribution is 2.40. The van der Waals surface area contributed by atoms with Gasteiger partial charge in [0.25, 0.3) is 0 Å². The predicted molar refractivity (Wildman–Crippen MR) is 79.5 cm³/mol. The first-order valence-electron chi connectivity index (χ1n) is 6.42. The second kappa shape index (κ2) is 6.65. The SMILES string of the molecule is COc1cc(CCC(=O)O)cc(OC)c1O[Si](C)(C)C. The second-order valence-corrected chi connectivity index (χ2v) is 9.87. The number of rotatable bonds is 7. The Labute approximate surface area is 120 Å². The van der Waals surface area contributed by atoms with Crippen molar-refractivity contribution in [2.24, 2.45) is 0 Å². The molecule has 0 fully saturated rings. The van der Waals surface area contributed by atoms with Gasteiger partial charge in [-0.25, -0.2) is 0 Å². The number of hydrogen-bond acceptors (Lipinski definition) is 4. The minimum absolute atomic E-state index is 0.0700. The van der Waals surface area contributed by atoms with Crippen molar-refractivity contribution in [3.05, 3.63) is 17.7 Å². The van der Waals surface area contributed by atoms with Crippen LogP contribution >= 0.6 is 0 Å². The van der Waals surface area contributed by atoms with Crippen LogP contribution in [0.25, 0.3) is 0 Å². The van der Waals surface area contributed by atoms with Gasteiger partial charge in [0.15, 0.2) is 17.2 Å². The summed E-state index contributed by atoms with van der Waals surface area (Å²) in [5, 5.41) is 8.75. The van der Waals surface area contributed by atoms with Gasteiger partial charge in [0.05, 0.1) is 14.2 Å². The summed E-state index contributed by atoms with van der Waals surface area (Å²) >= 11 is 0. The molecule has 0 aromatic heterocycles. The monoisotopic (exact) mass is 298 g/mol. The lowest BCUT2D eigenvalue weighted by atomic mass is 10.1. The van der Waals surface area contributed by atoms with Gasteiger partial charge < -0.3 is 19.0 Å². The standard InChI is InChI=1S/C14H22O5Si/c1-17-11-8-10(6-7-13(15)16)9-12(18-2)14(11)19-20(3,4)5/h8-9H,6-7H2,1-5H3,(H,15,16). The zero-order valence-corrected chi connectivity index (χ0v) is 13.6. The Hall–Kier alpha value is -1.69. The highest BCUT2D eigenvalue weighted by molar-refractivity contribution is 6.70. The van der Waals surface area contributed by atoms with Gasteiger partial charge in [0, 0.05) is 6.42 Å². The summed E-state index contributed by atoms with van der Waals surface area (Å²) in [6.07, 6.45) is 0.496. The lowest BCUT2D eigenvalue weighted by Crippen LogP contribution is -2.29. The third-order valence-corrected chi connectivity index (χ3v) is 3.37. The van der Waals surface area contributed by atoms with Crippen LogP contribution < -0.4 is 13.9 Å². The molecule has 0 spiro atoms. The van der Waals surface area contributed by atoms with Crippen molar-refractivity contribution in [2.75, 3.05) is 14.2 Å². The molecule has 0 aliphatic rings. The number of methoxy groups -OCH3 is 2. The summed E-state index contributed by atoms with van der Waals surface area (Å²) in [7, 11) is 1.32. The van der Waals surface area contributed by atoms with Crippen molar-refractivity contribution >= 4 is 14.3 Å². The predicted octanol–water partition coefficient (Wildman–Crippen LogP) is 2.93. The molecule has 1 rings (SSSR count). The van der Waals surface area contributed by atoms with Gasteiger partial charge in [-0.1, -0.05) is 0 Å².